The fraction of sp³-hybridized carbons (Fsp3) is 0.629. The SMILES string of the molecule is C=C[C@@H]1C[C@]1(NC(=O)[C@@H]1C[C@@H]2CN1C(=O)[C@H](C(C)C)NC(=O)CCCCCCc1cccc3c1CN(C3)C(=O)O2)C(=O)NS(=O)(=O)C1CC1. The van der Waals surface area contributed by atoms with Crippen molar-refractivity contribution < 1.29 is 37.1 Å². The van der Waals surface area contributed by atoms with Gasteiger partial charge < -0.3 is 20.3 Å². The van der Waals surface area contributed by atoms with Crippen LogP contribution in [0.1, 0.15) is 88.3 Å². The van der Waals surface area contributed by atoms with Crippen molar-refractivity contribution in [3.63, 3.8) is 0 Å². The van der Waals surface area contributed by atoms with Gasteiger partial charge in [-0.05, 0) is 61.1 Å². The number of carbonyl (C=O) groups is 5. The van der Waals surface area contributed by atoms with E-state index in [-0.39, 0.29) is 37.6 Å². The third-order valence-electron chi connectivity index (χ3n) is 10.6. The molecule has 4 bridgehead atoms. The zero-order chi connectivity index (χ0) is 35.1. The summed E-state index contributed by atoms with van der Waals surface area (Å²) in [6.07, 6.45) is 5.72. The first-order valence-corrected chi connectivity index (χ1v) is 19.0. The Morgan fingerprint density at radius 1 is 1.06 bits per heavy atom. The van der Waals surface area contributed by atoms with Crippen molar-refractivity contribution in [1.29, 1.82) is 0 Å². The molecule has 2 saturated carbocycles. The summed E-state index contributed by atoms with van der Waals surface area (Å²) < 4.78 is 33.3. The number of hydrogen-bond donors (Lipinski definition) is 3. The van der Waals surface area contributed by atoms with Crippen LogP contribution in [0, 0.1) is 11.8 Å². The largest absolute Gasteiger partial charge is 0.444 e. The molecule has 6 rings (SSSR count). The van der Waals surface area contributed by atoms with Gasteiger partial charge >= 0.3 is 6.09 Å². The van der Waals surface area contributed by atoms with Gasteiger partial charge in [-0.25, -0.2) is 13.2 Å². The van der Waals surface area contributed by atoms with Gasteiger partial charge in [-0.3, -0.25) is 28.8 Å². The van der Waals surface area contributed by atoms with E-state index in [0.717, 1.165) is 36.8 Å². The number of benzene rings is 1. The first kappa shape index (κ1) is 34.9. The van der Waals surface area contributed by atoms with E-state index in [1.807, 2.05) is 12.1 Å². The van der Waals surface area contributed by atoms with Gasteiger partial charge in [0.05, 0.1) is 11.8 Å². The van der Waals surface area contributed by atoms with Crippen LogP contribution < -0.4 is 15.4 Å². The summed E-state index contributed by atoms with van der Waals surface area (Å²) >= 11 is 0. The number of nitrogens with zero attached hydrogens (tertiary/aromatic N) is 2. The van der Waals surface area contributed by atoms with Gasteiger partial charge in [0, 0.05) is 31.8 Å². The maximum absolute atomic E-state index is 14.2. The predicted molar refractivity (Wildman–Crippen MR) is 179 cm³/mol. The Morgan fingerprint density at radius 2 is 1.78 bits per heavy atom. The standard InChI is InChI=1S/C35H47N5O8S/c1-4-24-17-35(24,33(44)38-49(46,47)26-14-15-26)37-31(42)28-16-25-19-40(28)32(43)30(21(2)3)36-29(41)13-8-6-5-7-10-22-11-9-12-23-18-39(20-27(22)23)34(45)48-25/h4,9,11-12,21,24-26,28,30H,1,5-8,10,13-20H2,2-3H3,(H,36,41)(H,37,42)(H,38,44)/t24-,25-,28+,30+,35-/m1/s1. The van der Waals surface area contributed by atoms with Crippen molar-refractivity contribution in [1.82, 2.24) is 25.2 Å². The molecule has 266 valence electrons. The molecule has 1 aromatic rings. The van der Waals surface area contributed by atoms with Crippen LogP contribution in [0.4, 0.5) is 4.79 Å². The number of hydrogen-bond acceptors (Lipinski definition) is 8. The van der Waals surface area contributed by atoms with E-state index in [0.29, 0.717) is 32.4 Å². The van der Waals surface area contributed by atoms with Crippen molar-refractivity contribution in [3.8, 4) is 0 Å². The number of fused-ring (bicyclic) bond motifs is 3. The number of rotatable bonds is 7. The molecular formula is C35H47N5O8S. The second kappa shape index (κ2) is 13.8. The number of amides is 5. The highest BCUT2D eigenvalue weighted by molar-refractivity contribution is 7.91. The summed E-state index contributed by atoms with van der Waals surface area (Å²) in [5.74, 6) is -3.10. The lowest BCUT2D eigenvalue weighted by Gasteiger charge is -2.31. The molecule has 1 aromatic carbocycles. The Labute approximate surface area is 287 Å². The smallest absolute Gasteiger partial charge is 0.410 e. The molecule has 3 aliphatic heterocycles. The van der Waals surface area contributed by atoms with E-state index in [9.17, 15) is 32.4 Å². The van der Waals surface area contributed by atoms with Crippen molar-refractivity contribution in [3.05, 3.63) is 47.5 Å². The van der Waals surface area contributed by atoms with Gasteiger partial charge in [-0.1, -0.05) is 51.0 Å². The average Bonchev–Trinajstić information content (AvgIpc) is 3.95. The first-order valence-electron chi connectivity index (χ1n) is 17.5. The Bertz CT molecular complexity index is 1640. The predicted octanol–water partition coefficient (Wildman–Crippen LogP) is 2.43. The third kappa shape index (κ3) is 7.34. The van der Waals surface area contributed by atoms with Crippen molar-refractivity contribution >= 4 is 39.7 Å². The minimum absolute atomic E-state index is 0.0368. The van der Waals surface area contributed by atoms with Crippen LogP contribution >= 0.6 is 0 Å². The second-order valence-electron chi connectivity index (χ2n) is 14.5. The molecule has 0 aromatic heterocycles. The fourth-order valence-corrected chi connectivity index (χ4v) is 8.72. The molecule has 0 radical (unpaired) electrons. The van der Waals surface area contributed by atoms with Gasteiger partial charge in [-0.2, -0.15) is 0 Å². The van der Waals surface area contributed by atoms with Crippen LogP contribution in [0.15, 0.2) is 30.9 Å². The van der Waals surface area contributed by atoms with E-state index in [2.05, 4.69) is 28.0 Å². The average molecular weight is 698 g/mol. The normalized spacial score (nSPS) is 29.3. The van der Waals surface area contributed by atoms with Crippen molar-refractivity contribution in [2.75, 3.05) is 6.54 Å². The van der Waals surface area contributed by atoms with E-state index < -0.39 is 68.7 Å². The van der Waals surface area contributed by atoms with Crippen LogP contribution in [0.3, 0.4) is 0 Å². The highest BCUT2D eigenvalue weighted by Crippen LogP contribution is 2.45. The Kier molecular flexibility index (Phi) is 9.80. The van der Waals surface area contributed by atoms with Gasteiger partial charge in [0.2, 0.25) is 27.7 Å². The van der Waals surface area contributed by atoms with Crippen LogP contribution in [0.2, 0.25) is 0 Å². The zero-order valence-corrected chi connectivity index (χ0v) is 29.1. The minimum Gasteiger partial charge on any atom is -0.444 e. The molecule has 13 nitrogen and oxygen atoms in total. The molecular weight excluding hydrogens is 650 g/mol. The van der Waals surface area contributed by atoms with Crippen LogP contribution in [-0.2, 0) is 53.4 Å². The lowest BCUT2D eigenvalue weighted by molar-refractivity contribution is -0.143. The summed E-state index contributed by atoms with van der Waals surface area (Å²) in [6, 6.07) is 4.01. The van der Waals surface area contributed by atoms with Crippen molar-refractivity contribution in [2.24, 2.45) is 11.8 Å². The van der Waals surface area contributed by atoms with E-state index >= 15 is 0 Å². The van der Waals surface area contributed by atoms with E-state index in [4.69, 9.17) is 4.74 Å². The maximum Gasteiger partial charge on any atom is 0.410 e. The summed E-state index contributed by atoms with van der Waals surface area (Å²) in [5, 5.41) is 4.99. The molecule has 3 heterocycles. The Hall–Kier alpha value is -3.94. The third-order valence-corrected chi connectivity index (χ3v) is 12.4. The van der Waals surface area contributed by atoms with Gasteiger partial charge in [0.25, 0.3) is 5.91 Å². The summed E-state index contributed by atoms with van der Waals surface area (Å²) in [5.41, 5.74) is 1.83. The quantitative estimate of drug-likeness (QED) is 0.365. The zero-order valence-electron chi connectivity index (χ0n) is 28.2. The van der Waals surface area contributed by atoms with Crippen LogP contribution in [-0.4, -0.2) is 83.5 Å². The molecule has 3 N–H and O–H groups in total. The molecule has 5 atom stereocenters. The van der Waals surface area contributed by atoms with E-state index in [1.54, 1.807) is 18.7 Å². The number of carbonyl (C=O) groups excluding carboxylic acids is 5. The number of ether oxygens (including phenoxy) is 1. The molecule has 1 saturated heterocycles. The fourth-order valence-electron chi connectivity index (χ4n) is 7.36. The van der Waals surface area contributed by atoms with Gasteiger partial charge in [-0.15, -0.1) is 6.58 Å². The maximum atomic E-state index is 14.2. The monoisotopic (exact) mass is 697 g/mol. The number of sulfonamides is 1. The van der Waals surface area contributed by atoms with Gasteiger partial charge in [0.15, 0.2) is 0 Å². The van der Waals surface area contributed by atoms with Crippen LogP contribution in [0.25, 0.3) is 0 Å². The molecule has 3 fully saturated rings. The summed E-state index contributed by atoms with van der Waals surface area (Å²) in [6.45, 7) is 8.07. The van der Waals surface area contributed by atoms with Crippen molar-refractivity contribution in [2.45, 2.75) is 120 Å². The Balaban J connectivity index is 1.25. The molecule has 0 spiro atoms. The molecule has 5 amide bonds. The number of nitrogens with one attached hydrogen (secondary N) is 3. The molecule has 0 unspecified atom stereocenters. The highest BCUT2D eigenvalue weighted by Gasteiger charge is 2.62. The summed E-state index contributed by atoms with van der Waals surface area (Å²) in [4.78, 5) is 71.1. The minimum atomic E-state index is -3.88. The number of aryl methyl sites for hydroxylation is 1. The van der Waals surface area contributed by atoms with Crippen LogP contribution in [0.5, 0.6) is 0 Å². The Morgan fingerprint density at radius 3 is 2.45 bits per heavy atom. The topological polar surface area (TPSA) is 171 Å². The first-order chi connectivity index (χ1) is 23.3. The lowest BCUT2D eigenvalue weighted by Crippen LogP contribution is -2.59. The highest BCUT2D eigenvalue weighted by atomic mass is 32.2. The summed E-state index contributed by atoms with van der Waals surface area (Å²) in [7, 11) is -3.88. The molecule has 49 heavy (non-hydrogen) atoms. The molecule has 5 aliphatic rings. The van der Waals surface area contributed by atoms with E-state index in [1.165, 1.54) is 16.5 Å². The second-order valence-corrected chi connectivity index (χ2v) is 16.5. The molecule has 2 aliphatic carbocycles. The lowest BCUT2D eigenvalue weighted by atomic mass is 9.98. The van der Waals surface area contributed by atoms with Gasteiger partial charge in [0.1, 0.15) is 23.7 Å². The molecule has 14 heteroatoms.